The van der Waals surface area contributed by atoms with Crippen LogP contribution in [0.3, 0.4) is 0 Å². The summed E-state index contributed by atoms with van der Waals surface area (Å²) in [5.74, 6) is -0.807. The second-order valence-corrected chi connectivity index (χ2v) is 5.33. The molecule has 2 aromatic rings. The summed E-state index contributed by atoms with van der Waals surface area (Å²) in [5, 5.41) is 2.67. The van der Waals surface area contributed by atoms with E-state index >= 15 is 0 Å². The van der Waals surface area contributed by atoms with Crippen molar-refractivity contribution in [2.75, 3.05) is 11.9 Å². The number of hydrogen-bond acceptors (Lipinski definition) is 3. The van der Waals surface area contributed by atoms with E-state index in [4.69, 9.17) is 4.74 Å². The lowest BCUT2D eigenvalue weighted by Gasteiger charge is -2.07. The van der Waals surface area contributed by atoms with Gasteiger partial charge < -0.3 is 10.1 Å². The third-order valence-electron chi connectivity index (χ3n) is 3.73. The van der Waals surface area contributed by atoms with Gasteiger partial charge in [0.2, 0.25) is 0 Å². The standard InChI is InChI=1S/C18H17NO3/c20-17(19-16-7-2-1-3-8-16)12-22-18(21)15-10-9-13-5-4-6-14(13)11-15/h1-3,7-11H,4-6,12H2,(H,19,20). The Morgan fingerprint density at radius 1 is 1.00 bits per heavy atom. The summed E-state index contributed by atoms with van der Waals surface area (Å²) in [5.41, 5.74) is 3.70. The molecule has 1 aliphatic rings. The lowest BCUT2D eigenvalue weighted by Crippen LogP contribution is -2.20. The van der Waals surface area contributed by atoms with Crippen molar-refractivity contribution in [1.29, 1.82) is 0 Å². The predicted octanol–water partition coefficient (Wildman–Crippen LogP) is 2.97. The molecule has 0 fully saturated rings. The Bertz CT molecular complexity index is 695. The number of rotatable bonds is 4. The fourth-order valence-corrected chi connectivity index (χ4v) is 2.63. The molecule has 0 unspecified atom stereocenters. The van der Waals surface area contributed by atoms with Gasteiger partial charge in [-0.05, 0) is 54.7 Å². The number of nitrogens with one attached hydrogen (secondary N) is 1. The molecule has 4 nitrogen and oxygen atoms in total. The lowest BCUT2D eigenvalue weighted by atomic mass is 10.1. The van der Waals surface area contributed by atoms with Crippen LogP contribution < -0.4 is 5.32 Å². The van der Waals surface area contributed by atoms with Crippen LogP contribution >= 0.6 is 0 Å². The van der Waals surface area contributed by atoms with Crippen LogP contribution in [-0.2, 0) is 22.4 Å². The highest BCUT2D eigenvalue weighted by Gasteiger charge is 2.15. The van der Waals surface area contributed by atoms with E-state index in [0.717, 1.165) is 19.3 Å². The summed E-state index contributed by atoms with van der Waals surface area (Å²) in [4.78, 5) is 23.7. The fourth-order valence-electron chi connectivity index (χ4n) is 2.63. The van der Waals surface area contributed by atoms with Gasteiger partial charge in [0.15, 0.2) is 6.61 Å². The molecular formula is C18H17NO3. The second kappa shape index (κ2) is 6.43. The number of benzene rings is 2. The molecule has 0 saturated heterocycles. The zero-order valence-electron chi connectivity index (χ0n) is 12.2. The zero-order valence-corrected chi connectivity index (χ0v) is 12.2. The van der Waals surface area contributed by atoms with Crippen molar-refractivity contribution in [1.82, 2.24) is 0 Å². The third-order valence-corrected chi connectivity index (χ3v) is 3.73. The highest BCUT2D eigenvalue weighted by atomic mass is 16.5. The monoisotopic (exact) mass is 295 g/mol. The van der Waals surface area contributed by atoms with Crippen molar-refractivity contribution in [2.24, 2.45) is 0 Å². The van der Waals surface area contributed by atoms with E-state index in [1.807, 2.05) is 30.3 Å². The SMILES string of the molecule is O=C(COC(=O)c1ccc2c(c1)CCC2)Nc1ccccc1. The minimum atomic E-state index is -0.460. The van der Waals surface area contributed by atoms with Crippen molar-refractivity contribution >= 4 is 17.6 Å². The van der Waals surface area contributed by atoms with Gasteiger partial charge in [-0.15, -0.1) is 0 Å². The van der Waals surface area contributed by atoms with E-state index in [0.29, 0.717) is 11.3 Å². The summed E-state index contributed by atoms with van der Waals surface area (Å²) in [7, 11) is 0. The average molecular weight is 295 g/mol. The van der Waals surface area contributed by atoms with E-state index in [1.165, 1.54) is 11.1 Å². The Morgan fingerprint density at radius 3 is 2.59 bits per heavy atom. The van der Waals surface area contributed by atoms with E-state index in [2.05, 4.69) is 5.32 Å². The molecule has 112 valence electrons. The Balaban J connectivity index is 1.55. The maximum atomic E-state index is 12.0. The number of carbonyl (C=O) groups is 2. The minimum absolute atomic E-state index is 0.287. The Morgan fingerprint density at radius 2 is 1.77 bits per heavy atom. The number of amides is 1. The van der Waals surface area contributed by atoms with Crippen molar-refractivity contribution in [3.63, 3.8) is 0 Å². The summed E-state index contributed by atoms with van der Waals surface area (Å²) < 4.78 is 5.07. The molecule has 0 saturated carbocycles. The van der Waals surface area contributed by atoms with Crippen LogP contribution in [0.5, 0.6) is 0 Å². The van der Waals surface area contributed by atoms with Gasteiger partial charge in [0.25, 0.3) is 5.91 Å². The van der Waals surface area contributed by atoms with E-state index in [9.17, 15) is 9.59 Å². The van der Waals surface area contributed by atoms with Gasteiger partial charge in [0.1, 0.15) is 0 Å². The van der Waals surface area contributed by atoms with Crippen molar-refractivity contribution in [2.45, 2.75) is 19.3 Å². The number of fused-ring (bicyclic) bond motifs is 1. The molecule has 4 heteroatoms. The molecule has 0 aromatic heterocycles. The molecule has 1 amide bonds. The number of hydrogen-bond donors (Lipinski definition) is 1. The number of aryl methyl sites for hydroxylation is 2. The van der Waals surface area contributed by atoms with Gasteiger partial charge in [-0.25, -0.2) is 4.79 Å². The van der Waals surface area contributed by atoms with Crippen molar-refractivity contribution in [3.8, 4) is 0 Å². The third kappa shape index (κ3) is 3.34. The summed E-state index contributed by atoms with van der Waals surface area (Å²) in [6.45, 7) is -0.287. The largest absolute Gasteiger partial charge is 0.452 e. The molecule has 1 N–H and O–H groups in total. The Hall–Kier alpha value is -2.62. The zero-order chi connectivity index (χ0) is 15.4. The van der Waals surface area contributed by atoms with Crippen LogP contribution in [0, 0.1) is 0 Å². The molecular weight excluding hydrogens is 278 g/mol. The maximum absolute atomic E-state index is 12.0. The average Bonchev–Trinajstić information content (AvgIpc) is 3.01. The van der Waals surface area contributed by atoms with Crippen LogP contribution in [0.1, 0.15) is 27.9 Å². The van der Waals surface area contributed by atoms with Crippen molar-refractivity contribution < 1.29 is 14.3 Å². The normalized spacial score (nSPS) is 12.5. The maximum Gasteiger partial charge on any atom is 0.338 e. The van der Waals surface area contributed by atoms with Gasteiger partial charge in [-0.1, -0.05) is 24.3 Å². The van der Waals surface area contributed by atoms with Gasteiger partial charge in [-0.3, -0.25) is 4.79 Å². The first-order valence-corrected chi connectivity index (χ1v) is 7.36. The number of ether oxygens (including phenoxy) is 1. The van der Waals surface area contributed by atoms with Crippen LogP contribution in [0.4, 0.5) is 5.69 Å². The first kappa shape index (κ1) is 14.3. The van der Waals surface area contributed by atoms with E-state index in [1.54, 1.807) is 18.2 Å². The number of carbonyl (C=O) groups excluding carboxylic acids is 2. The summed E-state index contributed by atoms with van der Waals surface area (Å²) in [6, 6.07) is 14.7. The molecule has 22 heavy (non-hydrogen) atoms. The molecule has 0 aliphatic heterocycles. The van der Waals surface area contributed by atoms with Crippen molar-refractivity contribution in [3.05, 3.63) is 65.2 Å². The number of anilines is 1. The number of para-hydroxylation sites is 1. The molecule has 0 radical (unpaired) electrons. The fraction of sp³-hybridized carbons (Fsp3) is 0.222. The highest BCUT2D eigenvalue weighted by molar-refractivity contribution is 5.95. The lowest BCUT2D eigenvalue weighted by molar-refractivity contribution is -0.119. The van der Waals surface area contributed by atoms with Gasteiger partial charge >= 0.3 is 5.97 Å². The van der Waals surface area contributed by atoms with Gasteiger partial charge in [-0.2, -0.15) is 0 Å². The topological polar surface area (TPSA) is 55.4 Å². The second-order valence-electron chi connectivity index (χ2n) is 5.33. The molecule has 1 aliphatic carbocycles. The van der Waals surface area contributed by atoms with E-state index in [-0.39, 0.29) is 12.5 Å². The van der Waals surface area contributed by atoms with Crippen LogP contribution in [-0.4, -0.2) is 18.5 Å². The predicted molar refractivity (Wildman–Crippen MR) is 83.8 cm³/mol. The molecule has 3 rings (SSSR count). The Kier molecular flexibility index (Phi) is 4.19. The van der Waals surface area contributed by atoms with Crippen LogP contribution in [0.2, 0.25) is 0 Å². The van der Waals surface area contributed by atoms with Crippen LogP contribution in [0.25, 0.3) is 0 Å². The molecule has 0 atom stereocenters. The number of esters is 1. The van der Waals surface area contributed by atoms with Crippen LogP contribution in [0.15, 0.2) is 48.5 Å². The highest BCUT2D eigenvalue weighted by Crippen LogP contribution is 2.23. The Labute approximate surface area is 129 Å². The molecule has 2 aromatic carbocycles. The van der Waals surface area contributed by atoms with Gasteiger partial charge in [0, 0.05) is 5.69 Å². The summed E-state index contributed by atoms with van der Waals surface area (Å²) in [6.07, 6.45) is 3.21. The first-order chi connectivity index (χ1) is 10.7. The molecule has 0 heterocycles. The van der Waals surface area contributed by atoms with E-state index < -0.39 is 5.97 Å². The molecule has 0 bridgehead atoms. The quantitative estimate of drug-likeness (QED) is 0.882. The smallest absolute Gasteiger partial charge is 0.338 e. The summed E-state index contributed by atoms with van der Waals surface area (Å²) >= 11 is 0. The van der Waals surface area contributed by atoms with Gasteiger partial charge in [0.05, 0.1) is 5.56 Å². The molecule has 0 spiro atoms. The minimum Gasteiger partial charge on any atom is -0.452 e. The first-order valence-electron chi connectivity index (χ1n) is 7.36.